The second-order valence-electron chi connectivity index (χ2n) is 8.52. The lowest BCUT2D eigenvalue weighted by Crippen LogP contribution is -2.52. The summed E-state index contributed by atoms with van der Waals surface area (Å²) in [7, 11) is 0. The Morgan fingerprint density at radius 2 is 1.40 bits per heavy atom. The Labute approximate surface area is 204 Å². The molecule has 35 heavy (non-hydrogen) atoms. The third-order valence-electron chi connectivity index (χ3n) is 6.26. The Balaban J connectivity index is 1.46. The number of rotatable bonds is 9. The van der Waals surface area contributed by atoms with Gasteiger partial charge in [-0.05, 0) is 34.2 Å². The zero-order chi connectivity index (χ0) is 24.8. The normalized spacial score (nSPS) is 13.7. The van der Waals surface area contributed by atoms with Crippen molar-refractivity contribution in [2.45, 2.75) is 37.8 Å². The SMILES string of the molecule is CC[C@@H](NC(=O)[C@H](Cc1ccccc1)NC(=O)OCC1c2ccccc2-c2ccccc21)C(=O)O. The van der Waals surface area contributed by atoms with Crippen molar-refractivity contribution in [3.05, 3.63) is 95.6 Å². The van der Waals surface area contributed by atoms with Crippen molar-refractivity contribution in [3.63, 3.8) is 0 Å². The Morgan fingerprint density at radius 3 is 1.97 bits per heavy atom. The first-order valence-corrected chi connectivity index (χ1v) is 11.7. The van der Waals surface area contributed by atoms with Gasteiger partial charge in [0.05, 0.1) is 0 Å². The number of carboxylic acids is 1. The van der Waals surface area contributed by atoms with Crippen LogP contribution in [-0.2, 0) is 20.7 Å². The number of hydrogen-bond acceptors (Lipinski definition) is 4. The number of amides is 2. The first kappa shape index (κ1) is 24.0. The van der Waals surface area contributed by atoms with E-state index in [1.54, 1.807) is 6.92 Å². The van der Waals surface area contributed by atoms with Crippen LogP contribution in [0, 0.1) is 0 Å². The summed E-state index contributed by atoms with van der Waals surface area (Å²) >= 11 is 0. The van der Waals surface area contributed by atoms with E-state index in [0.29, 0.717) is 0 Å². The highest BCUT2D eigenvalue weighted by Crippen LogP contribution is 2.44. The molecule has 0 bridgehead atoms. The molecule has 0 radical (unpaired) electrons. The molecule has 0 fully saturated rings. The maximum absolute atomic E-state index is 12.9. The van der Waals surface area contributed by atoms with Crippen LogP contribution in [0.4, 0.5) is 4.79 Å². The molecule has 0 heterocycles. The van der Waals surface area contributed by atoms with Gasteiger partial charge < -0.3 is 20.5 Å². The van der Waals surface area contributed by atoms with Gasteiger partial charge in [-0.25, -0.2) is 9.59 Å². The van der Waals surface area contributed by atoms with E-state index in [0.717, 1.165) is 27.8 Å². The van der Waals surface area contributed by atoms with Gasteiger partial charge in [0.15, 0.2) is 0 Å². The molecule has 0 saturated carbocycles. The predicted molar refractivity (Wildman–Crippen MR) is 132 cm³/mol. The molecular formula is C28H28N2O5. The molecule has 0 saturated heterocycles. The molecule has 3 aromatic carbocycles. The van der Waals surface area contributed by atoms with Crippen molar-refractivity contribution in [3.8, 4) is 11.1 Å². The quantitative estimate of drug-likeness (QED) is 0.435. The van der Waals surface area contributed by atoms with Crippen LogP contribution >= 0.6 is 0 Å². The van der Waals surface area contributed by atoms with E-state index in [1.807, 2.05) is 66.7 Å². The predicted octanol–water partition coefficient (Wildman–Crippen LogP) is 4.12. The van der Waals surface area contributed by atoms with Gasteiger partial charge in [0.2, 0.25) is 5.91 Å². The van der Waals surface area contributed by atoms with Crippen molar-refractivity contribution < 1.29 is 24.2 Å². The molecule has 3 N–H and O–H groups in total. The summed E-state index contributed by atoms with van der Waals surface area (Å²) in [6.45, 7) is 1.79. The fraction of sp³-hybridized carbons (Fsp3) is 0.250. The standard InChI is InChI=1S/C28H28N2O5/c1-2-24(27(32)33)29-26(31)25(16-18-10-4-3-5-11-18)30-28(34)35-17-23-21-14-8-6-12-19(21)20-13-7-9-15-22(20)23/h3-15,23-25H,2,16-17H2,1H3,(H,29,31)(H,30,34)(H,32,33)/t24-,25+/m1/s1. The number of carbonyl (C=O) groups excluding carboxylic acids is 2. The van der Waals surface area contributed by atoms with Crippen molar-refractivity contribution in [1.82, 2.24) is 10.6 Å². The second-order valence-corrected chi connectivity index (χ2v) is 8.52. The number of alkyl carbamates (subject to hydrolysis) is 1. The molecule has 7 nitrogen and oxygen atoms in total. The van der Waals surface area contributed by atoms with Crippen molar-refractivity contribution in [1.29, 1.82) is 0 Å². The van der Waals surface area contributed by atoms with Gasteiger partial charge in [-0.3, -0.25) is 4.79 Å². The largest absolute Gasteiger partial charge is 0.480 e. The molecule has 0 unspecified atom stereocenters. The number of carbonyl (C=O) groups is 3. The summed E-state index contributed by atoms with van der Waals surface area (Å²) in [5.41, 5.74) is 5.25. The topological polar surface area (TPSA) is 105 Å². The number of benzene rings is 3. The number of nitrogens with one attached hydrogen (secondary N) is 2. The van der Waals surface area contributed by atoms with E-state index in [9.17, 15) is 19.5 Å². The minimum absolute atomic E-state index is 0.106. The molecule has 2 amide bonds. The maximum Gasteiger partial charge on any atom is 0.407 e. The molecular weight excluding hydrogens is 444 g/mol. The van der Waals surface area contributed by atoms with Crippen molar-refractivity contribution in [2.24, 2.45) is 0 Å². The van der Waals surface area contributed by atoms with Crippen LogP contribution in [0.25, 0.3) is 11.1 Å². The monoisotopic (exact) mass is 472 g/mol. The Morgan fingerprint density at radius 1 is 0.829 bits per heavy atom. The molecule has 0 spiro atoms. The zero-order valence-corrected chi connectivity index (χ0v) is 19.4. The summed E-state index contributed by atoms with van der Waals surface area (Å²) < 4.78 is 5.59. The Kier molecular flexibility index (Phi) is 7.45. The second kappa shape index (κ2) is 10.9. The highest BCUT2D eigenvalue weighted by atomic mass is 16.5. The third kappa shape index (κ3) is 5.51. The summed E-state index contributed by atoms with van der Waals surface area (Å²) in [6, 6.07) is 23.3. The average molecular weight is 473 g/mol. The van der Waals surface area contributed by atoms with Crippen LogP contribution in [0.1, 0.15) is 36.0 Å². The molecule has 0 aromatic heterocycles. The molecule has 7 heteroatoms. The van der Waals surface area contributed by atoms with Gasteiger partial charge >= 0.3 is 12.1 Å². The summed E-state index contributed by atoms with van der Waals surface area (Å²) in [5.74, 6) is -1.80. The lowest BCUT2D eigenvalue weighted by Gasteiger charge is -2.21. The van der Waals surface area contributed by atoms with Crippen LogP contribution in [0.2, 0.25) is 0 Å². The van der Waals surface area contributed by atoms with Gasteiger partial charge in [0.25, 0.3) is 0 Å². The molecule has 4 rings (SSSR count). The molecule has 180 valence electrons. The fourth-order valence-electron chi connectivity index (χ4n) is 4.45. The highest BCUT2D eigenvalue weighted by molar-refractivity contribution is 5.89. The highest BCUT2D eigenvalue weighted by Gasteiger charge is 2.30. The average Bonchev–Trinajstić information content (AvgIpc) is 3.19. The van der Waals surface area contributed by atoms with E-state index >= 15 is 0 Å². The van der Waals surface area contributed by atoms with Gasteiger partial charge in [0.1, 0.15) is 18.7 Å². The molecule has 0 aliphatic heterocycles. The lowest BCUT2D eigenvalue weighted by molar-refractivity contribution is -0.142. The number of hydrogen-bond donors (Lipinski definition) is 3. The van der Waals surface area contributed by atoms with Crippen LogP contribution in [0.3, 0.4) is 0 Å². The van der Waals surface area contributed by atoms with E-state index < -0.39 is 30.1 Å². The number of fused-ring (bicyclic) bond motifs is 3. The molecule has 1 aliphatic rings. The first-order valence-electron chi connectivity index (χ1n) is 11.7. The fourth-order valence-corrected chi connectivity index (χ4v) is 4.45. The Hall–Kier alpha value is -4.13. The van der Waals surface area contributed by atoms with Gasteiger partial charge in [-0.1, -0.05) is 85.8 Å². The summed E-state index contributed by atoms with van der Waals surface area (Å²) in [5, 5.41) is 14.5. The number of aliphatic carboxylic acids is 1. The molecule has 3 aromatic rings. The smallest absolute Gasteiger partial charge is 0.407 e. The number of carboxylic acid groups (broad SMARTS) is 1. The van der Waals surface area contributed by atoms with Crippen LogP contribution < -0.4 is 10.6 Å². The molecule has 1 aliphatic carbocycles. The van der Waals surface area contributed by atoms with Crippen LogP contribution in [0.5, 0.6) is 0 Å². The van der Waals surface area contributed by atoms with Crippen molar-refractivity contribution in [2.75, 3.05) is 6.61 Å². The van der Waals surface area contributed by atoms with E-state index in [1.165, 1.54) is 0 Å². The maximum atomic E-state index is 12.9. The third-order valence-corrected chi connectivity index (χ3v) is 6.26. The van der Waals surface area contributed by atoms with Gasteiger partial charge in [-0.15, -0.1) is 0 Å². The van der Waals surface area contributed by atoms with Crippen LogP contribution in [0.15, 0.2) is 78.9 Å². The Bertz CT molecular complexity index is 1170. The zero-order valence-electron chi connectivity index (χ0n) is 19.4. The minimum Gasteiger partial charge on any atom is -0.480 e. The van der Waals surface area contributed by atoms with Gasteiger partial charge in [0, 0.05) is 12.3 Å². The van der Waals surface area contributed by atoms with E-state index in [2.05, 4.69) is 22.8 Å². The number of ether oxygens (including phenoxy) is 1. The van der Waals surface area contributed by atoms with Gasteiger partial charge in [-0.2, -0.15) is 0 Å². The van der Waals surface area contributed by atoms with E-state index in [-0.39, 0.29) is 25.4 Å². The van der Waals surface area contributed by atoms with Crippen LogP contribution in [-0.4, -0.2) is 41.8 Å². The first-order chi connectivity index (χ1) is 17.0. The molecule has 2 atom stereocenters. The lowest BCUT2D eigenvalue weighted by atomic mass is 9.98. The summed E-state index contributed by atoms with van der Waals surface area (Å²) in [4.78, 5) is 37.1. The van der Waals surface area contributed by atoms with Crippen molar-refractivity contribution >= 4 is 18.0 Å². The van der Waals surface area contributed by atoms with E-state index in [4.69, 9.17) is 4.74 Å². The summed E-state index contributed by atoms with van der Waals surface area (Å²) in [6.07, 6.45) is -0.303. The minimum atomic E-state index is -1.12.